The fourth-order valence-electron chi connectivity index (χ4n) is 4.71. The van der Waals surface area contributed by atoms with E-state index >= 15 is 0 Å². The number of ether oxygens (including phenoxy) is 1. The minimum absolute atomic E-state index is 0.0936. The number of piperidine rings is 1. The van der Waals surface area contributed by atoms with Crippen LogP contribution in [0.15, 0.2) is 24.3 Å². The molecule has 2 aliphatic heterocycles. The Hall–Kier alpha value is -2.74. The number of aryl methyl sites for hydroxylation is 2. The number of benzene rings is 1. The number of hydrogen-bond donors (Lipinski definition) is 1. The van der Waals surface area contributed by atoms with Crippen molar-refractivity contribution in [1.82, 2.24) is 25.0 Å². The van der Waals surface area contributed by atoms with Gasteiger partial charge in [0.25, 0.3) is 5.91 Å². The third-order valence-electron chi connectivity index (χ3n) is 6.77. The highest BCUT2D eigenvalue weighted by Gasteiger charge is 2.40. The number of fused-ring (bicyclic) bond motifs is 1. The second-order valence-electron chi connectivity index (χ2n) is 8.76. The third kappa shape index (κ3) is 4.63. The van der Waals surface area contributed by atoms with E-state index in [0.717, 1.165) is 62.3 Å². The lowest BCUT2D eigenvalue weighted by molar-refractivity contribution is -0.133. The fraction of sp³-hybridized carbons (Fsp3) is 0.565. The average molecular weight is 426 g/mol. The van der Waals surface area contributed by atoms with Crippen LogP contribution in [0.5, 0.6) is 0 Å². The predicted molar refractivity (Wildman–Crippen MR) is 116 cm³/mol. The molecular formula is C23H31N5O3. The number of likely N-dealkylation sites (tertiary alicyclic amines) is 1. The molecule has 1 saturated heterocycles. The van der Waals surface area contributed by atoms with Gasteiger partial charge in [-0.1, -0.05) is 24.3 Å². The van der Waals surface area contributed by atoms with E-state index < -0.39 is 0 Å². The summed E-state index contributed by atoms with van der Waals surface area (Å²) in [6.45, 7) is 5.22. The Bertz CT molecular complexity index is 946. The summed E-state index contributed by atoms with van der Waals surface area (Å²) in [5.41, 5.74) is 2.35. The van der Waals surface area contributed by atoms with Crippen LogP contribution in [-0.2, 0) is 28.9 Å². The van der Waals surface area contributed by atoms with E-state index in [1.807, 2.05) is 27.7 Å². The topological polar surface area (TPSA) is 89.3 Å². The molecule has 2 aliphatic rings. The van der Waals surface area contributed by atoms with Crippen LogP contribution in [0.2, 0.25) is 0 Å². The highest BCUT2D eigenvalue weighted by Crippen LogP contribution is 2.41. The predicted octanol–water partition coefficient (Wildman–Crippen LogP) is 1.76. The maximum atomic E-state index is 12.9. The zero-order valence-electron chi connectivity index (χ0n) is 18.4. The molecule has 1 aromatic heterocycles. The van der Waals surface area contributed by atoms with Crippen molar-refractivity contribution in [1.29, 1.82) is 0 Å². The molecule has 4 rings (SSSR count). The smallest absolute Gasteiger partial charge is 0.289 e. The van der Waals surface area contributed by atoms with Gasteiger partial charge < -0.3 is 19.5 Å². The van der Waals surface area contributed by atoms with E-state index in [-0.39, 0.29) is 17.2 Å². The molecule has 2 aromatic rings. The van der Waals surface area contributed by atoms with E-state index in [1.165, 1.54) is 0 Å². The molecule has 1 aromatic carbocycles. The van der Waals surface area contributed by atoms with Crippen molar-refractivity contribution < 1.29 is 14.3 Å². The van der Waals surface area contributed by atoms with Crippen molar-refractivity contribution in [3.05, 3.63) is 47.0 Å². The van der Waals surface area contributed by atoms with Gasteiger partial charge in [-0.2, -0.15) is 0 Å². The average Bonchev–Trinajstić information content (AvgIpc) is 3.19. The first-order valence-corrected chi connectivity index (χ1v) is 11.0. The summed E-state index contributed by atoms with van der Waals surface area (Å²) < 4.78 is 6.98. The first-order valence-electron chi connectivity index (χ1n) is 11.0. The van der Waals surface area contributed by atoms with Crippen LogP contribution in [0, 0.1) is 12.3 Å². The maximum Gasteiger partial charge on any atom is 0.289 e. The fourth-order valence-corrected chi connectivity index (χ4v) is 4.71. The van der Waals surface area contributed by atoms with Gasteiger partial charge in [-0.25, -0.2) is 0 Å². The van der Waals surface area contributed by atoms with Gasteiger partial charge in [0.2, 0.25) is 11.7 Å². The molecular weight excluding hydrogens is 394 g/mol. The Morgan fingerprint density at radius 2 is 1.94 bits per heavy atom. The summed E-state index contributed by atoms with van der Waals surface area (Å²) in [6, 6.07) is 8.08. The molecule has 0 unspecified atom stereocenters. The molecule has 8 heteroatoms. The monoisotopic (exact) mass is 425 g/mol. The second kappa shape index (κ2) is 9.18. The highest BCUT2D eigenvalue weighted by atomic mass is 16.5. The van der Waals surface area contributed by atoms with Crippen LogP contribution in [0.3, 0.4) is 0 Å². The van der Waals surface area contributed by atoms with E-state index in [1.54, 1.807) is 7.11 Å². The number of hydrogen-bond acceptors (Lipinski definition) is 5. The van der Waals surface area contributed by atoms with Gasteiger partial charge in [0, 0.05) is 39.7 Å². The third-order valence-corrected chi connectivity index (χ3v) is 6.77. The molecule has 0 aliphatic carbocycles. The Kier molecular flexibility index (Phi) is 6.36. The van der Waals surface area contributed by atoms with E-state index in [2.05, 4.69) is 28.5 Å². The van der Waals surface area contributed by atoms with Gasteiger partial charge >= 0.3 is 0 Å². The summed E-state index contributed by atoms with van der Waals surface area (Å²) >= 11 is 0. The van der Waals surface area contributed by atoms with Crippen LogP contribution < -0.4 is 5.32 Å². The molecule has 0 saturated carbocycles. The first kappa shape index (κ1) is 21.5. The van der Waals surface area contributed by atoms with Crippen molar-refractivity contribution in [3.63, 3.8) is 0 Å². The molecule has 3 heterocycles. The Morgan fingerprint density at radius 3 is 2.68 bits per heavy atom. The standard InChI is InChI=1S/C23H31N5O3/c1-17-5-3-4-6-18(17)15-20(29)27-12-9-23(10-13-27)8-7-19-25-26-21(28(19)16-23)22(30)24-11-14-31-2/h3-6H,7-16H2,1-2H3,(H,24,30). The molecule has 1 fully saturated rings. The van der Waals surface area contributed by atoms with Crippen molar-refractivity contribution in [3.8, 4) is 0 Å². The van der Waals surface area contributed by atoms with Crippen LogP contribution >= 0.6 is 0 Å². The molecule has 166 valence electrons. The number of rotatable bonds is 6. The minimum atomic E-state index is -0.210. The van der Waals surface area contributed by atoms with Crippen LogP contribution in [0.1, 0.15) is 46.8 Å². The lowest BCUT2D eigenvalue weighted by atomic mass is 9.73. The highest BCUT2D eigenvalue weighted by molar-refractivity contribution is 5.90. The van der Waals surface area contributed by atoms with E-state index in [9.17, 15) is 9.59 Å². The van der Waals surface area contributed by atoms with Gasteiger partial charge in [0.05, 0.1) is 13.0 Å². The number of methoxy groups -OCH3 is 1. The quantitative estimate of drug-likeness (QED) is 0.713. The lowest BCUT2D eigenvalue weighted by Crippen LogP contribution is -2.47. The molecule has 2 amide bonds. The second-order valence-corrected chi connectivity index (χ2v) is 8.76. The number of amides is 2. The summed E-state index contributed by atoms with van der Waals surface area (Å²) in [7, 11) is 1.60. The van der Waals surface area contributed by atoms with Crippen LogP contribution in [0.4, 0.5) is 0 Å². The number of carbonyl (C=O) groups is 2. The van der Waals surface area contributed by atoms with Gasteiger partial charge in [-0.3, -0.25) is 9.59 Å². The van der Waals surface area contributed by atoms with Gasteiger partial charge in [-0.05, 0) is 42.7 Å². The molecule has 1 N–H and O–H groups in total. The summed E-state index contributed by atoms with van der Waals surface area (Å²) in [4.78, 5) is 27.4. The molecule has 0 radical (unpaired) electrons. The van der Waals surface area contributed by atoms with Crippen molar-refractivity contribution in [2.45, 2.75) is 45.6 Å². The van der Waals surface area contributed by atoms with E-state index in [4.69, 9.17) is 4.74 Å². The number of nitrogens with one attached hydrogen (secondary N) is 1. The molecule has 0 atom stereocenters. The van der Waals surface area contributed by atoms with Crippen LogP contribution in [0.25, 0.3) is 0 Å². The number of nitrogens with zero attached hydrogens (tertiary/aromatic N) is 4. The van der Waals surface area contributed by atoms with Crippen molar-refractivity contribution >= 4 is 11.8 Å². The first-order chi connectivity index (χ1) is 15.0. The summed E-state index contributed by atoms with van der Waals surface area (Å²) in [5.74, 6) is 1.24. The zero-order chi connectivity index (χ0) is 21.8. The number of carbonyl (C=O) groups excluding carboxylic acids is 2. The summed E-state index contributed by atoms with van der Waals surface area (Å²) in [6.07, 6.45) is 4.18. The zero-order valence-corrected chi connectivity index (χ0v) is 18.4. The summed E-state index contributed by atoms with van der Waals surface area (Å²) in [5, 5.41) is 11.2. The van der Waals surface area contributed by atoms with Gasteiger partial charge in [-0.15, -0.1) is 10.2 Å². The van der Waals surface area contributed by atoms with E-state index in [0.29, 0.717) is 25.4 Å². The lowest BCUT2D eigenvalue weighted by Gasteiger charge is -2.44. The van der Waals surface area contributed by atoms with Gasteiger partial charge in [0.1, 0.15) is 5.82 Å². The number of aromatic nitrogens is 3. The SMILES string of the molecule is COCCNC(=O)c1nnc2n1CC1(CC2)CCN(C(=O)Cc2ccccc2C)CC1. The van der Waals surface area contributed by atoms with Crippen molar-refractivity contribution in [2.24, 2.45) is 5.41 Å². The van der Waals surface area contributed by atoms with Gasteiger partial charge in [0.15, 0.2) is 0 Å². The maximum absolute atomic E-state index is 12.9. The Labute approximate surface area is 183 Å². The molecule has 0 bridgehead atoms. The van der Waals surface area contributed by atoms with Crippen LogP contribution in [-0.4, -0.2) is 64.8 Å². The Balaban J connectivity index is 1.38. The largest absolute Gasteiger partial charge is 0.383 e. The molecule has 8 nitrogen and oxygen atoms in total. The van der Waals surface area contributed by atoms with Crippen molar-refractivity contribution in [2.75, 3.05) is 33.4 Å². The normalized spacial score (nSPS) is 17.4. The molecule has 31 heavy (non-hydrogen) atoms. The minimum Gasteiger partial charge on any atom is -0.383 e. The molecule has 1 spiro atoms. The Morgan fingerprint density at radius 1 is 1.16 bits per heavy atom.